The fourth-order valence-electron chi connectivity index (χ4n) is 2.21. The van der Waals surface area contributed by atoms with E-state index in [9.17, 15) is 0 Å². The average molecular weight is 266 g/mol. The highest BCUT2D eigenvalue weighted by Gasteiger charge is 2.02. The molecule has 104 valence electrons. The number of pyridine rings is 1. The van der Waals surface area contributed by atoms with Crippen LogP contribution in [0.4, 0.5) is 0 Å². The molecule has 2 nitrogen and oxygen atoms in total. The van der Waals surface area contributed by atoms with E-state index in [1.54, 1.807) is 0 Å². The average Bonchev–Trinajstić information content (AvgIpc) is 2.48. The zero-order valence-electron chi connectivity index (χ0n) is 12.5. The van der Waals surface area contributed by atoms with E-state index in [0.717, 1.165) is 13.1 Å². The molecule has 0 amide bonds. The van der Waals surface area contributed by atoms with Gasteiger partial charge in [0, 0.05) is 25.5 Å². The largest absolute Gasteiger partial charge is 0.298 e. The van der Waals surface area contributed by atoms with E-state index in [-0.39, 0.29) is 0 Å². The standard InChI is InChI=1S/C18H22N2/c1-4-15(2)18-7-5-16(6-8-18)13-20(3)14-17-9-11-19-12-10-17/h4-12H,13-14H2,1-3H3/b15-4+. The number of nitrogens with zero attached hydrogens (tertiary/aromatic N) is 2. The first-order valence-corrected chi connectivity index (χ1v) is 6.98. The van der Waals surface area contributed by atoms with Gasteiger partial charge in [-0.05, 0) is 55.3 Å². The first kappa shape index (κ1) is 14.5. The normalized spacial score (nSPS) is 11.9. The van der Waals surface area contributed by atoms with Crippen molar-refractivity contribution in [3.63, 3.8) is 0 Å². The van der Waals surface area contributed by atoms with Crippen molar-refractivity contribution in [3.8, 4) is 0 Å². The lowest BCUT2D eigenvalue weighted by atomic mass is 10.1. The molecule has 1 heterocycles. The van der Waals surface area contributed by atoms with Crippen molar-refractivity contribution in [1.82, 2.24) is 9.88 Å². The van der Waals surface area contributed by atoms with E-state index in [0.29, 0.717) is 0 Å². The summed E-state index contributed by atoms with van der Waals surface area (Å²) in [5, 5.41) is 0. The van der Waals surface area contributed by atoms with Crippen LogP contribution >= 0.6 is 0 Å². The van der Waals surface area contributed by atoms with Gasteiger partial charge >= 0.3 is 0 Å². The summed E-state index contributed by atoms with van der Waals surface area (Å²) in [4.78, 5) is 6.36. The zero-order valence-corrected chi connectivity index (χ0v) is 12.5. The summed E-state index contributed by atoms with van der Waals surface area (Å²) in [6.45, 7) is 6.12. The van der Waals surface area contributed by atoms with E-state index in [2.05, 4.69) is 73.3 Å². The molecule has 2 aromatic rings. The predicted molar refractivity (Wildman–Crippen MR) is 85.2 cm³/mol. The van der Waals surface area contributed by atoms with Crippen molar-refractivity contribution in [2.45, 2.75) is 26.9 Å². The molecule has 1 aromatic carbocycles. The van der Waals surface area contributed by atoms with Crippen LogP contribution in [0.5, 0.6) is 0 Å². The highest BCUT2D eigenvalue weighted by atomic mass is 15.1. The number of allylic oxidation sites excluding steroid dienone is 2. The Bertz CT molecular complexity index is 556. The Kier molecular flexibility index (Phi) is 5.08. The van der Waals surface area contributed by atoms with E-state index in [1.165, 1.54) is 22.3 Å². The lowest BCUT2D eigenvalue weighted by Gasteiger charge is -2.17. The van der Waals surface area contributed by atoms with Gasteiger partial charge in [0.15, 0.2) is 0 Å². The van der Waals surface area contributed by atoms with E-state index in [1.807, 2.05) is 12.4 Å². The van der Waals surface area contributed by atoms with Crippen LogP contribution < -0.4 is 0 Å². The molecule has 0 spiro atoms. The fourth-order valence-corrected chi connectivity index (χ4v) is 2.21. The van der Waals surface area contributed by atoms with Crippen LogP contribution in [0.15, 0.2) is 54.9 Å². The molecule has 2 heteroatoms. The molecule has 2 rings (SSSR count). The molecule has 0 unspecified atom stereocenters. The van der Waals surface area contributed by atoms with Crippen molar-refractivity contribution in [3.05, 3.63) is 71.6 Å². The lowest BCUT2D eigenvalue weighted by molar-refractivity contribution is 0.319. The summed E-state index contributed by atoms with van der Waals surface area (Å²) in [5.74, 6) is 0. The monoisotopic (exact) mass is 266 g/mol. The van der Waals surface area contributed by atoms with E-state index < -0.39 is 0 Å². The minimum absolute atomic E-state index is 0.943. The van der Waals surface area contributed by atoms with Crippen LogP contribution in [0, 0.1) is 0 Å². The summed E-state index contributed by atoms with van der Waals surface area (Å²) in [7, 11) is 2.14. The smallest absolute Gasteiger partial charge is 0.0271 e. The summed E-state index contributed by atoms with van der Waals surface area (Å²) in [6.07, 6.45) is 5.83. The van der Waals surface area contributed by atoms with Crippen molar-refractivity contribution < 1.29 is 0 Å². The highest BCUT2D eigenvalue weighted by Crippen LogP contribution is 2.15. The van der Waals surface area contributed by atoms with Gasteiger partial charge in [0.2, 0.25) is 0 Å². The molecule has 0 aliphatic rings. The van der Waals surface area contributed by atoms with Crippen LogP contribution in [0.1, 0.15) is 30.5 Å². The molecule has 20 heavy (non-hydrogen) atoms. The number of aromatic nitrogens is 1. The van der Waals surface area contributed by atoms with Gasteiger partial charge < -0.3 is 0 Å². The van der Waals surface area contributed by atoms with E-state index in [4.69, 9.17) is 0 Å². The molecule has 0 N–H and O–H groups in total. The topological polar surface area (TPSA) is 16.1 Å². The molecular formula is C18H22N2. The van der Waals surface area contributed by atoms with E-state index >= 15 is 0 Å². The van der Waals surface area contributed by atoms with Crippen molar-refractivity contribution in [1.29, 1.82) is 0 Å². The lowest BCUT2D eigenvalue weighted by Crippen LogP contribution is -2.17. The summed E-state index contributed by atoms with van der Waals surface area (Å²) in [6, 6.07) is 13.0. The SMILES string of the molecule is C/C=C(\C)c1ccc(CN(C)Cc2ccncc2)cc1. The van der Waals surface area contributed by atoms with Crippen molar-refractivity contribution >= 4 is 5.57 Å². The first-order valence-electron chi connectivity index (χ1n) is 6.98. The van der Waals surface area contributed by atoms with Crippen molar-refractivity contribution in [2.24, 2.45) is 0 Å². The number of hydrogen-bond donors (Lipinski definition) is 0. The molecule has 0 fully saturated rings. The van der Waals surface area contributed by atoms with Gasteiger partial charge in [-0.15, -0.1) is 0 Å². The molecule has 0 aliphatic carbocycles. The van der Waals surface area contributed by atoms with Crippen LogP contribution in [-0.4, -0.2) is 16.9 Å². The Morgan fingerprint density at radius 1 is 1.00 bits per heavy atom. The predicted octanol–water partition coefficient (Wildman–Crippen LogP) is 4.14. The number of benzene rings is 1. The minimum Gasteiger partial charge on any atom is -0.298 e. The maximum atomic E-state index is 4.05. The van der Waals surface area contributed by atoms with Crippen LogP contribution in [0.25, 0.3) is 5.57 Å². The molecule has 0 saturated carbocycles. The third kappa shape index (κ3) is 4.04. The Labute approximate surface area is 121 Å². The number of hydrogen-bond acceptors (Lipinski definition) is 2. The van der Waals surface area contributed by atoms with Gasteiger partial charge in [0.05, 0.1) is 0 Å². The quantitative estimate of drug-likeness (QED) is 0.808. The number of rotatable bonds is 5. The minimum atomic E-state index is 0.943. The fraction of sp³-hybridized carbons (Fsp3) is 0.278. The second kappa shape index (κ2) is 7.01. The van der Waals surface area contributed by atoms with Gasteiger partial charge in [-0.3, -0.25) is 9.88 Å². The second-order valence-corrected chi connectivity index (χ2v) is 5.20. The third-order valence-corrected chi connectivity index (χ3v) is 3.50. The van der Waals surface area contributed by atoms with Crippen LogP contribution in [0.3, 0.4) is 0 Å². The summed E-state index contributed by atoms with van der Waals surface area (Å²) in [5.41, 5.74) is 5.26. The Morgan fingerprint density at radius 3 is 2.10 bits per heavy atom. The van der Waals surface area contributed by atoms with Crippen molar-refractivity contribution in [2.75, 3.05) is 7.05 Å². The molecule has 0 atom stereocenters. The van der Waals surface area contributed by atoms with Gasteiger partial charge in [-0.25, -0.2) is 0 Å². The van der Waals surface area contributed by atoms with Gasteiger partial charge in [0.1, 0.15) is 0 Å². The molecule has 1 aromatic heterocycles. The second-order valence-electron chi connectivity index (χ2n) is 5.20. The first-order chi connectivity index (χ1) is 9.69. The van der Waals surface area contributed by atoms with Crippen LogP contribution in [0.2, 0.25) is 0 Å². The Balaban J connectivity index is 1.96. The highest BCUT2D eigenvalue weighted by molar-refractivity contribution is 5.63. The summed E-state index contributed by atoms with van der Waals surface area (Å²) >= 11 is 0. The maximum Gasteiger partial charge on any atom is 0.0271 e. The maximum absolute atomic E-state index is 4.05. The Hall–Kier alpha value is -1.93. The van der Waals surface area contributed by atoms with Gasteiger partial charge in [-0.1, -0.05) is 30.3 Å². The van der Waals surface area contributed by atoms with Gasteiger partial charge in [-0.2, -0.15) is 0 Å². The van der Waals surface area contributed by atoms with Gasteiger partial charge in [0.25, 0.3) is 0 Å². The zero-order chi connectivity index (χ0) is 14.4. The molecule has 0 saturated heterocycles. The third-order valence-electron chi connectivity index (χ3n) is 3.50. The summed E-state index contributed by atoms with van der Waals surface area (Å²) < 4.78 is 0. The molecule has 0 aliphatic heterocycles. The molecule has 0 radical (unpaired) electrons. The Morgan fingerprint density at radius 2 is 1.55 bits per heavy atom. The van der Waals surface area contributed by atoms with Crippen LogP contribution in [-0.2, 0) is 13.1 Å². The molecule has 0 bridgehead atoms. The molecular weight excluding hydrogens is 244 g/mol.